The summed E-state index contributed by atoms with van der Waals surface area (Å²) in [6.45, 7) is 0. The number of nitrogens with zero attached hydrogens (tertiary/aromatic N) is 3. The minimum Gasteiger partial charge on any atom is -0.282 e. The number of hydrogen-bond acceptors (Lipinski definition) is 3. The Balaban J connectivity index is 2.47. The van der Waals surface area contributed by atoms with Crippen LogP contribution in [-0.4, -0.2) is 27.0 Å². The van der Waals surface area contributed by atoms with Gasteiger partial charge in [-0.05, 0) is 0 Å². The Morgan fingerprint density at radius 2 is 1.80 bits per heavy atom. The van der Waals surface area contributed by atoms with Crippen molar-refractivity contribution in [1.29, 1.82) is 0 Å². The second kappa shape index (κ2) is 4.62. The fourth-order valence-corrected chi connectivity index (χ4v) is 1.34. The van der Waals surface area contributed by atoms with Gasteiger partial charge in [-0.25, -0.2) is 17.9 Å². The van der Waals surface area contributed by atoms with Gasteiger partial charge < -0.3 is 0 Å². The van der Waals surface area contributed by atoms with E-state index >= 15 is 0 Å². The molecule has 0 amide bonds. The first-order valence-electron chi connectivity index (χ1n) is 4.89. The van der Waals surface area contributed by atoms with Crippen LogP contribution in [-0.2, 0) is 0 Å². The average Bonchev–Trinajstić information content (AvgIpc) is 2.80. The van der Waals surface area contributed by atoms with E-state index in [1.165, 1.54) is 0 Å². The monoisotopic (exact) mass is 295 g/mol. The van der Waals surface area contributed by atoms with E-state index in [4.69, 9.17) is 0 Å². The molecule has 0 saturated carbocycles. The third-order valence-electron chi connectivity index (χ3n) is 2.20. The van der Waals surface area contributed by atoms with E-state index < -0.39 is 40.8 Å². The van der Waals surface area contributed by atoms with Crippen molar-refractivity contribution >= 4 is 5.78 Å². The Kier molecular flexibility index (Phi) is 3.24. The number of hydrogen-bond donors (Lipinski definition) is 0. The summed E-state index contributed by atoms with van der Waals surface area (Å²) in [6, 6.07) is 0.743. The summed E-state index contributed by atoms with van der Waals surface area (Å²) < 4.78 is 76.0. The maximum absolute atomic E-state index is 13.4. The Hall–Kier alpha value is -2.39. The van der Waals surface area contributed by atoms with Crippen LogP contribution in [0.5, 0.6) is 0 Å². The van der Waals surface area contributed by atoms with E-state index in [0.29, 0.717) is 16.9 Å². The lowest BCUT2D eigenvalue weighted by Crippen LogP contribution is -2.23. The number of ketones is 1. The average molecular weight is 295 g/mol. The molecule has 0 aliphatic heterocycles. The summed E-state index contributed by atoms with van der Waals surface area (Å²) in [5.74, 6) is -6.57. The first-order chi connectivity index (χ1) is 9.20. The lowest BCUT2D eigenvalue weighted by molar-refractivity contribution is -0.0888. The molecule has 0 radical (unpaired) electrons. The van der Waals surface area contributed by atoms with Crippen molar-refractivity contribution in [3.05, 3.63) is 41.5 Å². The number of halogens is 6. The van der Waals surface area contributed by atoms with E-state index in [0.717, 1.165) is 0 Å². The van der Waals surface area contributed by atoms with Crippen LogP contribution in [0.25, 0.3) is 5.69 Å². The van der Waals surface area contributed by atoms with Crippen molar-refractivity contribution < 1.29 is 31.1 Å². The minimum atomic E-state index is -5.19. The number of rotatable bonds is 2. The lowest BCUT2D eigenvalue weighted by atomic mass is 10.2. The van der Waals surface area contributed by atoms with Crippen LogP contribution in [0.3, 0.4) is 0 Å². The van der Waals surface area contributed by atoms with Gasteiger partial charge in [-0.2, -0.15) is 13.2 Å². The third kappa shape index (κ3) is 2.49. The van der Waals surface area contributed by atoms with Crippen molar-refractivity contribution in [2.24, 2.45) is 0 Å². The molecule has 1 heterocycles. The van der Waals surface area contributed by atoms with E-state index in [1.54, 1.807) is 0 Å². The van der Waals surface area contributed by atoms with E-state index in [2.05, 4.69) is 10.3 Å². The van der Waals surface area contributed by atoms with E-state index in [9.17, 15) is 31.1 Å². The van der Waals surface area contributed by atoms with Crippen molar-refractivity contribution in [2.75, 3.05) is 0 Å². The molecular formula is C10H3F6N3O. The van der Waals surface area contributed by atoms with Crippen molar-refractivity contribution in [1.82, 2.24) is 15.0 Å². The van der Waals surface area contributed by atoms with Crippen LogP contribution < -0.4 is 0 Å². The molecule has 0 atom stereocenters. The zero-order valence-electron chi connectivity index (χ0n) is 9.25. The number of aromatic nitrogens is 3. The topological polar surface area (TPSA) is 47.8 Å². The van der Waals surface area contributed by atoms with E-state index in [-0.39, 0.29) is 6.07 Å². The Morgan fingerprint density at radius 1 is 1.15 bits per heavy atom. The van der Waals surface area contributed by atoms with Crippen LogP contribution >= 0.6 is 0 Å². The summed E-state index contributed by atoms with van der Waals surface area (Å²) in [5.41, 5.74) is -1.93. The molecule has 0 unspecified atom stereocenters. The number of Topliss-reactive ketones (excluding diaryl/α,β-unsaturated/α-hetero) is 1. The van der Waals surface area contributed by atoms with Gasteiger partial charge in [0.1, 0.15) is 11.5 Å². The maximum atomic E-state index is 13.4. The zero-order valence-corrected chi connectivity index (χ0v) is 9.25. The van der Waals surface area contributed by atoms with Crippen molar-refractivity contribution in [3.63, 3.8) is 0 Å². The standard InChI is InChI=1S/C10H3F6N3O/c11-4-1-5(12)8(13)7(2-4)19-3-6(17-18-19)9(20)10(14,15)16/h1-3H. The van der Waals surface area contributed by atoms with Gasteiger partial charge in [0.05, 0.1) is 6.20 Å². The van der Waals surface area contributed by atoms with Gasteiger partial charge in [-0.15, -0.1) is 5.10 Å². The quantitative estimate of drug-likeness (QED) is 0.485. The lowest BCUT2D eigenvalue weighted by Gasteiger charge is -2.03. The molecule has 20 heavy (non-hydrogen) atoms. The number of benzene rings is 1. The fourth-order valence-electron chi connectivity index (χ4n) is 1.34. The SMILES string of the molecule is O=C(c1cn(-c2cc(F)cc(F)c2F)nn1)C(F)(F)F. The van der Waals surface area contributed by atoms with Crippen LogP contribution in [0.15, 0.2) is 18.3 Å². The van der Waals surface area contributed by atoms with Crippen LogP contribution in [0, 0.1) is 17.5 Å². The zero-order chi connectivity index (χ0) is 15.1. The van der Waals surface area contributed by atoms with Gasteiger partial charge in [0, 0.05) is 12.1 Å². The largest absolute Gasteiger partial charge is 0.456 e. The first kappa shape index (κ1) is 14.0. The molecule has 1 aromatic heterocycles. The maximum Gasteiger partial charge on any atom is 0.456 e. The Bertz CT molecular complexity index is 678. The highest BCUT2D eigenvalue weighted by molar-refractivity contribution is 5.98. The number of carbonyl (C=O) groups excluding carboxylic acids is 1. The summed E-state index contributed by atoms with van der Waals surface area (Å²) >= 11 is 0. The Morgan fingerprint density at radius 3 is 2.40 bits per heavy atom. The molecular weight excluding hydrogens is 292 g/mol. The van der Waals surface area contributed by atoms with Gasteiger partial charge in [-0.1, -0.05) is 5.21 Å². The molecule has 10 heteroatoms. The van der Waals surface area contributed by atoms with Gasteiger partial charge in [0.15, 0.2) is 17.3 Å². The smallest absolute Gasteiger partial charge is 0.282 e. The molecule has 0 aliphatic rings. The molecule has 0 spiro atoms. The number of carbonyl (C=O) groups is 1. The second-order valence-corrected chi connectivity index (χ2v) is 3.60. The predicted molar refractivity (Wildman–Crippen MR) is 51.6 cm³/mol. The summed E-state index contributed by atoms with van der Waals surface area (Å²) in [5, 5.41) is 5.93. The Labute approximate surface area is 106 Å². The minimum absolute atomic E-state index is 0.248. The predicted octanol–water partition coefficient (Wildman–Crippen LogP) is 2.43. The van der Waals surface area contributed by atoms with Crippen LogP contribution in [0.1, 0.15) is 10.5 Å². The van der Waals surface area contributed by atoms with Gasteiger partial charge >= 0.3 is 6.18 Å². The second-order valence-electron chi connectivity index (χ2n) is 3.60. The molecule has 0 aliphatic carbocycles. The summed E-state index contributed by atoms with van der Waals surface area (Å²) in [6.07, 6.45) is -4.76. The van der Waals surface area contributed by atoms with Gasteiger partial charge in [0.2, 0.25) is 0 Å². The van der Waals surface area contributed by atoms with Crippen LogP contribution in [0.4, 0.5) is 26.3 Å². The first-order valence-corrected chi connectivity index (χ1v) is 4.89. The normalized spacial score (nSPS) is 11.7. The molecule has 0 fully saturated rings. The van der Waals surface area contributed by atoms with Gasteiger partial charge in [-0.3, -0.25) is 4.79 Å². The highest BCUT2D eigenvalue weighted by Gasteiger charge is 2.41. The fraction of sp³-hybridized carbons (Fsp3) is 0.100. The molecule has 1 aromatic carbocycles. The molecule has 0 bridgehead atoms. The highest BCUT2D eigenvalue weighted by atomic mass is 19.4. The van der Waals surface area contributed by atoms with Crippen molar-refractivity contribution in [3.8, 4) is 5.69 Å². The summed E-state index contributed by atoms with van der Waals surface area (Å²) in [4.78, 5) is 10.8. The molecule has 4 nitrogen and oxygen atoms in total. The van der Waals surface area contributed by atoms with Crippen molar-refractivity contribution in [2.45, 2.75) is 6.18 Å². The molecule has 0 saturated heterocycles. The highest BCUT2D eigenvalue weighted by Crippen LogP contribution is 2.22. The van der Waals surface area contributed by atoms with Crippen LogP contribution in [0.2, 0.25) is 0 Å². The number of alkyl halides is 3. The molecule has 106 valence electrons. The summed E-state index contributed by atoms with van der Waals surface area (Å²) in [7, 11) is 0. The van der Waals surface area contributed by atoms with E-state index in [1.807, 2.05) is 0 Å². The third-order valence-corrected chi connectivity index (χ3v) is 2.20. The molecule has 0 N–H and O–H groups in total. The molecule has 2 rings (SSSR count). The van der Waals surface area contributed by atoms with Gasteiger partial charge in [0.25, 0.3) is 5.78 Å². The molecule has 2 aromatic rings.